The molecular formula is C15H25N3O. The minimum absolute atomic E-state index is 0.669. The zero-order valence-corrected chi connectivity index (χ0v) is 12.1. The molecule has 106 valence electrons. The van der Waals surface area contributed by atoms with E-state index in [9.17, 15) is 0 Å². The molecule has 4 heteroatoms. The van der Waals surface area contributed by atoms with Gasteiger partial charge in [0, 0.05) is 25.3 Å². The van der Waals surface area contributed by atoms with Crippen LogP contribution < -0.4 is 10.1 Å². The third-order valence-corrected chi connectivity index (χ3v) is 3.78. The highest BCUT2D eigenvalue weighted by molar-refractivity contribution is 5.49. The van der Waals surface area contributed by atoms with Crippen molar-refractivity contribution in [2.24, 2.45) is 0 Å². The van der Waals surface area contributed by atoms with Crippen molar-refractivity contribution < 1.29 is 4.74 Å². The zero-order valence-electron chi connectivity index (χ0n) is 12.1. The van der Waals surface area contributed by atoms with Crippen LogP contribution in [0.25, 0.3) is 0 Å². The van der Waals surface area contributed by atoms with Crippen molar-refractivity contribution in [3.63, 3.8) is 0 Å². The first-order valence-electron chi connectivity index (χ1n) is 7.33. The number of nitrogens with one attached hydrogen (secondary N) is 1. The van der Waals surface area contributed by atoms with E-state index >= 15 is 0 Å². The van der Waals surface area contributed by atoms with Crippen LogP contribution in [0.15, 0.2) is 18.3 Å². The van der Waals surface area contributed by atoms with E-state index in [2.05, 4.69) is 22.2 Å². The third kappa shape index (κ3) is 4.10. The number of aromatic nitrogens is 1. The fourth-order valence-corrected chi connectivity index (χ4v) is 2.67. The van der Waals surface area contributed by atoms with Crippen LogP contribution >= 0.6 is 0 Å². The van der Waals surface area contributed by atoms with E-state index in [1.54, 1.807) is 6.20 Å². The lowest BCUT2D eigenvalue weighted by molar-refractivity contribution is 0.254. The Labute approximate surface area is 116 Å². The van der Waals surface area contributed by atoms with Crippen LogP contribution in [0.2, 0.25) is 0 Å². The Morgan fingerprint density at radius 2 is 2.21 bits per heavy atom. The second kappa shape index (κ2) is 7.34. The second-order valence-corrected chi connectivity index (χ2v) is 5.13. The van der Waals surface area contributed by atoms with Crippen LogP contribution in [0.1, 0.15) is 32.6 Å². The third-order valence-electron chi connectivity index (χ3n) is 3.78. The van der Waals surface area contributed by atoms with Gasteiger partial charge in [-0.15, -0.1) is 0 Å². The summed E-state index contributed by atoms with van der Waals surface area (Å²) in [5.41, 5.74) is 0. The van der Waals surface area contributed by atoms with Gasteiger partial charge >= 0.3 is 0 Å². The fourth-order valence-electron chi connectivity index (χ4n) is 2.67. The molecule has 0 spiro atoms. The second-order valence-electron chi connectivity index (χ2n) is 5.13. The normalized spacial score (nSPS) is 15.9. The molecule has 1 aliphatic rings. The fraction of sp³-hybridized carbons (Fsp3) is 0.667. The SMILES string of the molecule is CCOc1cccnc1NCCN(C)C1CCCC1. The number of nitrogens with zero attached hydrogens (tertiary/aromatic N) is 2. The predicted octanol–water partition coefficient (Wildman–Crippen LogP) is 2.77. The molecule has 4 nitrogen and oxygen atoms in total. The summed E-state index contributed by atoms with van der Waals surface area (Å²) in [6, 6.07) is 4.64. The lowest BCUT2D eigenvalue weighted by Gasteiger charge is -2.24. The molecule has 0 bridgehead atoms. The minimum Gasteiger partial charge on any atom is -0.490 e. The summed E-state index contributed by atoms with van der Waals surface area (Å²) in [4.78, 5) is 6.80. The molecule has 1 saturated carbocycles. The Kier molecular flexibility index (Phi) is 5.45. The number of likely N-dealkylation sites (N-methyl/N-ethyl adjacent to an activating group) is 1. The standard InChI is InChI=1S/C15H25N3O/c1-3-19-14-9-6-10-16-15(14)17-11-12-18(2)13-7-4-5-8-13/h6,9-10,13H,3-5,7-8,11-12H2,1-2H3,(H,16,17). The zero-order chi connectivity index (χ0) is 13.5. The number of ether oxygens (including phenoxy) is 1. The van der Waals surface area contributed by atoms with Gasteiger partial charge in [-0.3, -0.25) is 0 Å². The summed E-state index contributed by atoms with van der Waals surface area (Å²) in [6.07, 6.45) is 7.27. The van der Waals surface area contributed by atoms with E-state index in [4.69, 9.17) is 4.74 Å². The van der Waals surface area contributed by atoms with Crippen molar-refractivity contribution in [1.82, 2.24) is 9.88 Å². The van der Waals surface area contributed by atoms with E-state index in [0.717, 1.165) is 30.7 Å². The van der Waals surface area contributed by atoms with E-state index in [0.29, 0.717) is 6.61 Å². The molecule has 1 fully saturated rings. The molecule has 0 atom stereocenters. The largest absolute Gasteiger partial charge is 0.490 e. The van der Waals surface area contributed by atoms with Crippen LogP contribution in [0.3, 0.4) is 0 Å². The van der Waals surface area contributed by atoms with Crippen LogP contribution in [-0.4, -0.2) is 42.7 Å². The number of anilines is 1. The molecule has 1 aromatic heterocycles. The average Bonchev–Trinajstić information content (AvgIpc) is 2.95. The molecule has 19 heavy (non-hydrogen) atoms. The van der Waals surface area contributed by atoms with Crippen molar-refractivity contribution in [2.45, 2.75) is 38.6 Å². The van der Waals surface area contributed by atoms with Gasteiger partial charge in [0.15, 0.2) is 11.6 Å². The van der Waals surface area contributed by atoms with Crippen LogP contribution in [0.5, 0.6) is 5.75 Å². The lowest BCUT2D eigenvalue weighted by Crippen LogP contribution is -2.33. The van der Waals surface area contributed by atoms with E-state index in [1.165, 1.54) is 25.7 Å². The average molecular weight is 263 g/mol. The van der Waals surface area contributed by atoms with Crippen molar-refractivity contribution in [2.75, 3.05) is 32.1 Å². The molecule has 0 saturated heterocycles. The Morgan fingerprint density at radius 3 is 2.95 bits per heavy atom. The molecule has 2 rings (SSSR count). The van der Waals surface area contributed by atoms with Crippen LogP contribution in [0.4, 0.5) is 5.82 Å². The molecule has 1 aliphatic carbocycles. The smallest absolute Gasteiger partial charge is 0.168 e. The van der Waals surface area contributed by atoms with Crippen LogP contribution in [0, 0.1) is 0 Å². The first-order valence-corrected chi connectivity index (χ1v) is 7.33. The minimum atomic E-state index is 0.669. The van der Waals surface area contributed by atoms with Gasteiger partial charge in [0.05, 0.1) is 6.61 Å². The van der Waals surface area contributed by atoms with Crippen molar-refractivity contribution in [3.8, 4) is 5.75 Å². The van der Waals surface area contributed by atoms with Gasteiger partial charge in [0.2, 0.25) is 0 Å². The maximum absolute atomic E-state index is 5.56. The summed E-state index contributed by atoms with van der Waals surface area (Å²) in [6.45, 7) is 4.61. The maximum Gasteiger partial charge on any atom is 0.168 e. The van der Waals surface area contributed by atoms with Gasteiger partial charge < -0.3 is 15.0 Å². The number of rotatable bonds is 7. The van der Waals surface area contributed by atoms with Gasteiger partial charge in [0.25, 0.3) is 0 Å². The molecule has 0 aliphatic heterocycles. The molecule has 0 amide bonds. The van der Waals surface area contributed by atoms with Crippen molar-refractivity contribution >= 4 is 5.82 Å². The Balaban J connectivity index is 1.78. The maximum atomic E-state index is 5.56. The molecule has 0 radical (unpaired) electrons. The van der Waals surface area contributed by atoms with Gasteiger partial charge in [-0.25, -0.2) is 4.98 Å². The Morgan fingerprint density at radius 1 is 1.42 bits per heavy atom. The van der Waals surface area contributed by atoms with E-state index < -0.39 is 0 Å². The topological polar surface area (TPSA) is 37.4 Å². The van der Waals surface area contributed by atoms with Crippen molar-refractivity contribution in [3.05, 3.63) is 18.3 Å². The van der Waals surface area contributed by atoms with E-state index in [-0.39, 0.29) is 0 Å². The van der Waals surface area contributed by atoms with Gasteiger partial charge in [-0.1, -0.05) is 12.8 Å². The quantitative estimate of drug-likeness (QED) is 0.821. The van der Waals surface area contributed by atoms with Gasteiger partial charge in [0.1, 0.15) is 0 Å². The van der Waals surface area contributed by atoms with Crippen LogP contribution in [-0.2, 0) is 0 Å². The predicted molar refractivity (Wildman–Crippen MR) is 78.8 cm³/mol. The molecule has 0 unspecified atom stereocenters. The highest BCUT2D eigenvalue weighted by Gasteiger charge is 2.18. The Hall–Kier alpha value is -1.29. The summed E-state index contributed by atoms with van der Waals surface area (Å²) < 4.78 is 5.56. The Bertz CT molecular complexity index is 377. The molecule has 1 heterocycles. The van der Waals surface area contributed by atoms with E-state index in [1.807, 2.05) is 19.1 Å². The monoisotopic (exact) mass is 263 g/mol. The highest BCUT2D eigenvalue weighted by atomic mass is 16.5. The lowest BCUT2D eigenvalue weighted by atomic mass is 10.2. The summed E-state index contributed by atoms with van der Waals surface area (Å²) in [7, 11) is 2.22. The highest BCUT2D eigenvalue weighted by Crippen LogP contribution is 2.23. The van der Waals surface area contributed by atoms with Gasteiger partial charge in [-0.05, 0) is 38.9 Å². The molecule has 1 N–H and O–H groups in total. The molecule has 0 aromatic carbocycles. The molecular weight excluding hydrogens is 238 g/mol. The molecule has 1 aromatic rings. The summed E-state index contributed by atoms with van der Waals surface area (Å²) in [5, 5.41) is 3.37. The van der Waals surface area contributed by atoms with Gasteiger partial charge in [-0.2, -0.15) is 0 Å². The number of hydrogen-bond donors (Lipinski definition) is 1. The number of hydrogen-bond acceptors (Lipinski definition) is 4. The summed E-state index contributed by atoms with van der Waals surface area (Å²) in [5.74, 6) is 1.69. The number of pyridine rings is 1. The van der Waals surface area contributed by atoms with Crippen molar-refractivity contribution in [1.29, 1.82) is 0 Å². The first kappa shape index (κ1) is 14.1. The first-order chi connectivity index (χ1) is 9.31. The summed E-state index contributed by atoms with van der Waals surface area (Å²) >= 11 is 0.